The number of unbranched alkanes of at least 4 members (excludes halogenated alkanes) is 1. The van der Waals surface area contributed by atoms with Crippen molar-refractivity contribution in [2.75, 3.05) is 26.2 Å². The van der Waals surface area contributed by atoms with Crippen LogP contribution in [0, 0.1) is 5.92 Å². The van der Waals surface area contributed by atoms with Crippen LogP contribution in [0.1, 0.15) is 46.0 Å². The van der Waals surface area contributed by atoms with Gasteiger partial charge in [-0.25, -0.2) is 4.79 Å². The summed E-state index contributed by atoms with van der Waals surface area (Å²) in [5.41, 5.74) is 0. The summed E-state index contributed by atoms with van der Waals surface area (Å²) in [6.07, 6.45) is 4.16. The molecule has 0 aliphatic carbocycles. The zero-order valence-corrected chi connectivity index (χ0v) is 13.1. The molecule has 0 aromatic rings. The number of likely N-dealkylation sites (tertiary alicyclic amines) is 1. The quantitative estimate of drug-likeness (QED) is 0.717. The number of carbonyl (C=O) groups is 2. The molecule has 21 heavy (non-hydrogen) atoms. The Balaban J connectivity index is 2.52. The molecule has 1 heterocycles. The molecule has 6 nitrogen and oxygen atoms in total. The van der Waals surface area contributed by atoms with Gasteiger partial charge in [-0.05, 0) is 25.7 Å². The molecule has 2 atom stereocenters. The Morgan fingerprint density at radius 2 is 2.10 bits per heavy atom. The summed E-state index contributed by atoms with van der Waals surface area (Å²) < 4.78 is 4.93. The number of alkyl carbamates (subject to hydrolysis) is 1. The predicted octanol–water partition coefficient (Wildman–Crippen LogP) is 2.09. The molecule has 0 bridgehead atoms. The van der Waals surface area contributed by atoms with Crippen molar-refractivity contribution in [3.8, 4) is 0 Å². The van der Waals surface area contributed by atoms with E-state index in [0.29, 0.717) is 25.6 Å². The smallest absolute Gasteiger partial charge is 0.407 e. The van der Waals surface area contributed by atoms with Crippen molar-refractivity contribution in [1.29, 1.82) is 0 Å². The zero-order valence-electron chi connectivity index (χ0n) is 13.1. The highest BCUT2D eigenvalue weighted by molar-refractivity contribution is 5.67. The van der Waals surface area contributed by atoms with E-state index in [4.69, 9.17) is 9.84 Å². The number of carboxylic acids is 1. The van der Waals surface area contributed by atoms with Crippen molar-refractivity contribution in [2.45, 2.75) is 52.0 Å². The third kappa shape index (κ3) is 7.32. The average Bonchev–Trinajstić information content (AvgIpc) is 2.43. The standard InChI is InChI=1S/C15H28N2O4/c1-3-5-6-12-9-13(16-15(20)21-4-2)11-17(10-12)8-7-14(18)19/h12-13H,3-11H2,1-2H3,(H,16,20)(H,18,19). The van der Waals surface area contributed by atoms with E-state index in [-0.39, 0.29) is 18.6 Å². The molecule has 1 fully saturated rings. The van der Waals surface area contributed by atoms with Gasteiger partial charge in [0.15, 0.2) is 0 Å². The largest absolute Gasteiger partial charge is 0.481 e. The maximum Gasteiger partial charge on any atom is 0.407 e. The van der Waals surface area contributed by atoms with Crippen LogP contribution in [0.25, 0.3) is 0 Å². The SMILES string of the molecule is CCCCC1CC(NC(=O)OCC)CN(CCC(=O)O)C1. The van der Waals surface area contributed by atoms with E-state index in [0.717, 1.165) is 25.8 Å². The van der Waals surface area contributed by atoms with Gasteiger partial charge >= 0.3 is 12.1 Å². The molecular formula is C15H28N2O4. The summed E-state index contributed by atoms with van der Waals surface area (Å²) in [7, 11) is 0. The highest BCUT2D eigenvalue weighted by atomic mass is 16.5. The fraction of sp³-hybridized carbons (Fsp3) is 0.867. The van der Waals surface area contributed by atoms with Crippen LogP contribution in [0.15, 0.2) is 0 Å². The molecule has 2 N–H and O–H groups in total. The van der Waals surface area contributed by atoms with Crippen molar-refractivity contribution in [3.63, 3.8) is 0 Å². The Labute approximate surface area is 126 Å². The fourth-order valence-electron chi connectivity index (χ4n) is 2.89. The van der Waals surface area contributed by atoms with Crippen LogP contribution < -0.4 is 5.32 Å². The maximum atomic E-state index is 11.6. The van der Waals surface area contributed by atoms with Gasteiger partial charge in [0, 0.05) is 25.7 Å². The van der Waals surface area contributed by atoms with Crippen molar-refractivity contribution in [3.05, 3.63) is 0 Å². The van der Waals surface area contributed by atoms with E-state index in [1.54, 1.807) is 6.92 Å². The third-order valence-electron chi connectivity index (χ3n) is 3.82. The minimum absolute atomic E-state index is 0.0495. The van der Waals surface area contributed by atoms with Gasteiger partial charge in [0.25, 0.3) is 0 Å². The Morgan fingerprint density at radius 1 is 1.33 bits per heavy atom. The lowest BCUT2D eigenvalue weighted by molar-refractivity contribution is -0.137. The van der Waals surface area contributed by atoms with Gasteiger partial charge in [0.1, 0.15) is 0 Å². The lowest BCUT2D eigenvalue weighted by Gasteiger charge is -2.37. The van der Waals surface area contributed by atoms with Crippen LogP contribution in [0.5, 0.6) is 0 Å². The Morgan fingerprint density at radius 3 is 2.71 bits per heavy atom. The Hall–Kier alpha value is -1.30. The van der Waals surface area contributed by atoms with Crippen molar-refractivity contribution >= 4 is 12.1 Å². The lowest BCUT2D eigenvalue weighted by Crippen LogP contribution is -2.51. The summed E-state index contributed by atoms with van der Waals surface area (Å²) in [6.45, 7) is 6.48. The number of nitrogens with one attached hydrogen (secondary N) is 1. The number of amides is 1. The van der Waals surface area contributed by atoms with Gasteiger partial charge in [0.2, 0.25) is 0 Å². The van der Waals surface area contributed by atoms with Gasteiger partial charge in [-0.2, -0.15) is 0 Å². The molecule has 1 aliphatic rings. The molecule has 1 saturated heterocycles. The van der Waals surface area contributed by atoms with Gasteiger partial charge < -0.3 is 20.1 Å². The van der Waals surface area contributed by atoms with E-state index in [1.807, 2.05) is 0 Å². The molecule has 2 unspecified atom stereocenters. The van der Waals surface area contributed by atoms with Gasteiger partial charge in [0.05, 0.1) is 13.0 Å². The first-order valence-electron chi connectivity index (χ1n) is 7.92. The van der Waals surface area contributed by atoms with E-state index in [2.05, 4.69) is 17.1 Å². The van der Waals surface area contributed by atoms with Crippen molar-refractivity contribution in [2.24, 2.45) is 5.92 Å². The minimum atomic E-state index is -0.777. The number of ether oxygens (including phenoxy) is 1. The third-order valence-corrected chi connectivity index (χ3v) is 3.82. The van der Waals surface area contributed by atoms with Crippen molar-refractivity contribution < 1.29 is 19.4 Å². The maximum absolute atomic E-state index is 11.6. The molecule has 0 spiro atoms. The molecule has 1 amide bonds. The molecule has 122 valence electrons. The Bertz CT molecular complexity index is 336. The van der Waals surface area contributed by atoms with Gasteiger partial charge in [-0.1, -0.05) is 19.8 Å². The Kier molecular flexibility index (Phi) is 8.12. The molecule has 0 aromatic heterocycles. The van der Waals surface area contributed by atoms with Crippen LogP contribution in [-0.4, -0.2) is 54.4 Å². The van der Waals surface area contributed by atoms with E-state index >= 15 is 0 Å². The number of hydrogen-bond donors (Lipinski definition) is 2. The molecule has 0 saturated carbocycles. The molecule has 0 aromatic carbocycles. The van der Waals surface area contributed by atoms with E-state index in [1.165, 1.54) is 6.42 Å². The summed E-state index contributed by atoms with van der Waals surface area (Å²) >= 11 is 0. The number of piperidine rings is 1. The second kappa shape index (κ2) is 9.60. The highest BCUT2D eigenvalue weighted by Crippen LogP contribution is 2.22. The first-order chi connectivity index (χ1) is 10.0. The second-order valence-corrected chi connectivity index (χ2v) is 5.71. The monoisotopic (exact) mass is 300 g/mol. The van der Waals surface area contributed by atoms with Gasteiger partial charge in [-0.3, -0.25) is 4.79 Å². The van der Waals surface area contributed by atoms with E-state index < -0.39 is 5.97 Å². The first-order valence-corrected chi connectivity index (χ1v) is 7.92. The van der Waals surface area contributed by atoms with Crippen LogP contribution in [-0.2, 0) is 9.53 Å². The number of carbonyl (C=O) groups excluding carboxylic acids is 1. The van der Waals surface area contributed by atoms with Crippen LogP contribution >= 0.6 is 0 Å². The van der Waals surface area contributed by atoms with Crippen LogP contribution in [0.3, 0.4) is 0 Å². The van der Waals surface area contributed by atoms with Crippen LogP contribution in [0.4, 0.5) is 4.79 Å². The average molecular weight is 300 g/mol. The predicted molar refractivity (Wildman–Crippen MR) is 80.3 cm³/mol. The molecule has 1 aliphatic heterocycles. The molecule has 0 radical (unpaired) electrons. The lowest BCUT2D eigenvalue weighted by atomic mass is 9.90. The normalized spacial score (nSPS) is 22.8. The fourth-order valence-corrected chi connectivity index (χ4v) is 2.89. The zero-order chi connectivity index (χ0) is 15.7. The summed E-state index contributed by atoms with van der Waals surface area (Å²) in [6, 6.07) is 0.0495. The van der Waals surface area contributed by atoms with E-state index in [9.17, 15) is 9.59 Å². The summed E-state index contributed by atoms with van der Waals surface area (Å²) in [5.74, 6) is -0.264. The highest BCUT2D eigenvalue weighted by Gasteiger charge is 2.28. The van der Waals surface area contributed by atoms with Crippen LogP contribution in [0.2, 0.25) is 0 Å². The number of hydrogen-bond acceptors (Lipinski definition) is 4. The first kappa shape index (κ1) is 17.8. The number of nitrogens with zero attached hydrogens (tertiary/aromatic N) is 1. The summed E-state index contributed by atoms with van der Waals surface area (Å²) in [4.78, 5) is 24.4. The molecule has 6 heteroatoms. The molecule has 1 rings (SSSR count). The second-order valence-electron chi connectivity index (χ2n) is 5.71. The summed E-state index contributed by atoms with van der Waals surface area (Å²) in [5, 5.41) is 11.7. The van der Waals surface area contributed by atoms with Crippen molar-refractivity contribution in [1.82, 2.24) is 10.2 Å². The minimum Gasteiger partial charge on any atom is -0.481 e. The van der Waals surface area contributed by atoms with Gasteiger partial charge in [-0.15, -0.1) is 0 Å². The number of carboxylic acid groups (broad SMARTS) is 1. The topological polar surface area (TPSA) is 78.9 Å². The molecular weight excluding hydrogens is 272 g/mol. The number of aliphatic carboxylic acids is 1. The number of rotatable bonds is 8.